The lowest BCUT2D eigenvalue weighted by molar-refractivity contribution is -0.119. The third-order valence-corrected chi connectivity index (χ3v) is 4.30. The number of carbonyl (C=O) groups is 2. The highest BCUT2D eigenvalue weighted by Gasteiger charge is 2.14. The molecule has 5 heteroatoms. The summed E-state index contributed by atoms with van der Waals surface area (Å²) in [6.07, 6.45) is 2.45. The van der Waals surface area contributed by atoms with Gasteiger partial charge in [0, 0.05) is 24.5 Å². The van der Waals surface area contributed by atoms with Crippen LogP contribution >= 0.6 is 0 Å². The van der Waals surface area contributed by atoms with Crippen molar-refractivity contribution in [2.75, 3.05) is 29.9 Å². The zero-order valence-corrected chi connectivity index (χ0v) is 14.3. The number of anilines is 2. The third-order valence-electron chi connectivity index (χ3n) is 4.30. The molecule has 0 aromatic heterocycles. The van der Waals surface area contributed by atoms with Crippen LogP contribution in [0.25, 0.3) is 0 Å². The summed E-state index contributed by atoms with van der Waals surface area (Å²) in [5.74, 6) is -0.849. The summed E-state index contributed by atoms with van der Waals surface area (Å²) in [6.45, 7) is 3.83. The molecule has 1 heterocycles. The monoisotopic (exact) mass is 338 g/mol. The van der Waals surface area contributed by atoms with Gasteiger partial charge in [0.25, 0.3) is 5.91 Å². The van der Waals surface area contributed by atoms with Crippen LogP contribution in [0.2, 0.25) is 0 Å². The molecule has 0 unspecified atom stereocenters. The Morgan fingerprint density at radius 2 is 1.80 bits per heavy atom. The standard InChI is InChI=1S/C20H22N2O3/c1-15-13-17(22-11-5-6-12-22)9-10-18(15)21-19(23)14-25-20(24)16-7-3-2-4-8-16/h2-4,7-10,13H,5-6,11-12,14H2,1H3,(H,21,23). The second-order valence-corrected chi connectivity index (χ2v) is 6.18. The third kappa shape index (κ3) is 4.38. The lowest BCUT2D eigenvalue weighted by atomic mass is 10.1. The molecule has 5 nitrogen and oxygen atoms in total. The number of nitrogens with one attached hydrogen (secondary N) is 1. The van der Waals surface area contributed by atoms with Crippen LogP contribution in [0.5, 0.6) is 0 Å². The normalized spacial score (nSPS) is 13.6. The fraction of sp³-hybridized carbons (Fsp3) is 0.300. The minimum Gasteiger partial charge on any atom is -0.452 e. The zero-order valence-electron chi connectivity index (χ0n) is 14.3. The van der Waals surface area contributed by atoms with E-state index < -0.39 is 5.97 Å². The van der Waals surface area contributed by atoms with Gasteiger partial charge in [-0.05, 0) is 55.7 Å². The lowest BCUT2D eigenvalue weighted by Crippen LogP contribution is -2.22. The molecule has 3 rings (SSSR count). The van der Waals surface area contributed by atoms with E-state index in [0.29, 0.717) is 5.56 Å². The second kappa shape index (κ2) is 7.83. The predicted octanol–water partition coefficient (Wildman–Crippen LogP) is 3.39. The van der Waals surface area contributed by atoms with E-state index in [2.05, 4.69) is 16.3 Å². The molecule has 25 heavy (non-hydrogen) atoms. The first-order valence-electron chi connectivity index (χ1n) is 8.51. The van der Waals surface area contributed by atoms with Crippen molar-refractivity contribution < 1.29 is 14.3 Å². The topological polar surface area (TPSA) is 58.6 Å². The van der Waals surface area contributed by atoms with E-state index in [4.69, 9.17) is 4.74 Å². The maximum Gasteiger partial charge on any atom is 0.338 e. The maximum absolute atomic E-state index is 12.0. The summed E-state index contributed by atoms with van der Waals surface area (Å²) >= 11 is 0. The Kier molecular flexibility index (Phi) is 5.33. The number of ether oxygens (including phenoxy) is 1. The molecule has 0 atom stereocenters. The number of amides is 1. The van der Waals surface area contributed by atoms with Crippen LogP contribution < -0.4 is 10.2 Å². The van der Waals surface area contributed by atoms with Gasteiger partial charge in [-0.2, -0.15) is 0 Å². The molecule has 0 radical (unpaired) electrons. The highest BCUT2D eigenvalue weighted by molar-refractivity contribution is 5.96. The van der Waals surface area contributed by atoms with Crippen molar-refractivity contribution in [3.05, 3.63) is 59.7 Å². The van der Waals surface area contributed by atoms with Crippen molar-refractivity contribution in [1.82, 2.24) is 0 Å². The number of esters is 1. The first-order chi connectivity index (χ1) is 12.1. The van der Waals surface area contributed by atoms with Crippen LogP contribution in [0.3, 0.4) is 0 Å². The van der Waals surface area contributed by atoms with Crippen molar-refractivity contribution >= 4 is 23.3 Å². The number of nitrogens with zero attached hydrogens (tertiary/aromatic N) is 1. The van der Waals surface area contributed by atoms with Gasteiger partial charge in [0.05, 0.1) is 5.56 Å². The summed E-state index contributed by atoms with van der Waals surface area (Å²) in [7, 11) is 0. The average molecular weight is 338 g/mol. The molecule has 0 aliphatic carbocycles. The van der Waals surface area contributed by atoms with Gasteiger partial charge in [-0.25, -0.2) is 4.79 Å². The summed E-state index contributed by atoms with van der Waals surface area (Å²) < 4.78 is 5.05. The van der Waals surface area contributed by atoms with Gasteiger partial charge in [-0.3, -0.25) is 4.79 Å². The smallest absolute Gasteiger partial charge is 0.338 e. The molecule has 1 aliphatic heterocycles. The molecule has 130 valence electrons. The highest BCUT2D eigenvalue weighted by Crippen LogP contribution is 2.25. The predicted molar refractivity (Wildman–Crippen MR) is 98.0 cm³/mol. The SMILES string of the molecule is Cc1cc(N2CCCC2)ccc1NC(=O)COC(=O)c1ccccc1. The van der Waals surface area contributed by atoms with Crippen molar-refractivity contribution in [3.8, 4) is 0 Å². The van der Waals surface area contributed by atoms with E-state index in [1.165, 1.54) is 18.5 Å². The Labute approximate surface area is 147 Å². The summed E-state index contributed by atoms with van der Waals surface area (Å²) in [5.41, 5.74) is 3.35. The number of hydrogen-bond donors (Lipinski definition) is 1. The molecule has 0 spiro atoms. The number of benzene rings is 2. The Bertz CT molecular complexity index is 753. The van der Waals surface area contributed by atoms with Gasteiger partial charge in [-0.15, -0.1) is 0 Å². The molecule has 2 aromatic carbocycles. The van der Waals surface area contributed by atoms with Crippen LogP contribution in [-0.2, 0) is 9.53 Å². The van der Waals surface area contributed by atoms with E-state index in [9.17, 15) is 9.59 Å². The van der Waals surface area contributed by atoms with Crippen LogP contribution in [-0.4, -0.2) is 31.6 Å². The van der Waals surface area contributed by atoms with E-state index in [-0.39, 0.29) is 12.5 Å². The summed E-state index contributed by atoms with van der Waals surface area (Å²) in [5, 5.41) is 2.80. The fourth-order valence-corrected chi connectivity index (χ4v) is 2.94. The first kappa shape index (κ1) is 17.0. The molecule has 1 aliphatic rings. The van der Waals surface area contributed by atoms with Crippen molar-refractivity contribution in [1.29, 1.82) is 0 Å². The van der Waals surface area contributed by atoms with Crippen LogP contribution in [0.4, 0.5) is 11.4 Å². The second-order valence-electron chi connectivity index (χ2n) is 6.18. The van der Waals surface area contributed by atoms with Gasteiger partial charge in [0.2, 0.25) is 0 Å². The van der Waals surface area contributed by atoms with Gasteiger partial charge in [0.1, 0.15) is 0 Å². The van der Waals surface area contributed by atoms with Crippen molar-refractivity contribution in [2.45, 2.75) is 19.8 Å². The molecule has 1 fully saturated rings. The lowest BCUT2D eigenvalue weighted by Gasteiger charge is -2.19. The van der Waals surface area contributed by atoms with Crippen molar-refractivity contribution in [3.63, 3.8) is 0 Å². The molecule has 2 aromatic rings. The van der Waals surface area contributed by atoms with Gasteiger partial charge < -0.3 is 15.0 Å². The Morgan fingerprint density at radius 1 is 1.08 bits per heavy atom. The van der Waals surface area contributed by atoms with E-state index in [0.717, 1.165) is 24.3 Å². The Morgan fingerprint density at radius 3 is 2.48 bits per heavy atom. The zero-order chi connectivity index (χ0) is 17.6. The van der Waals surface area contributed by atoms with Crippen LogP contribution in [0.15, 0.2) is 48.5 Å². The molecule has 0 bridgehead atoms. The molecule has 0 saturated carbocycles. The largest absolute Gasteiger partial charge is 0.452 e. The molecule has 1 N–H and O–H groups in total. The van der Waals surface area contributed by atoms with E-state index >= 15 is 0 Å². The fourth-order valence-electron chi connectivity index (χ4n) is 2.94. The maximum atomic E-state index is 12.0. The Balaban J connectivity index is 1.55. The van der Waals surface area contributed by atoms with E-state index in [1.54, 1.807) is 24.3 Å². The number of aryl methyl sites for hydroxylation is 1. The molecule has 1 amide bonds. The van der Waals surface area contributed by atoms with Gasteiger partial charge >= 0.3 is 5.97 Å². The minimum absolute atomic E-state index is 0.305. The highest BCUT2D eigenvalue weighted by atomic mass is 16.5. The average Bonchev–Trinajstić information content (AvgIpc) is 3.17. The molecular formula is C20H22N2O3. The molecular weight excluding hydrogens is 316 g/mol. The van der Waals surface area contributed by atoms with Crippen LogP contribution in [0, 0.1) is 6.92 Å². The number of hydrogen-bond acceptors (Lipinski definition) is 4. The van der Waals surface area contributed by atoms with E-state index in [1.807, 2.05) is 25.1 Å². The summed E-state index contributed by atoms with van der Waals surface area (Å²) in [6, 6.07) is 14.6. The summed E-state index contributed by atoms with van der Waals surface area (Å²) in [4.78, 5) is 26.2. The quantitative estimate of drug-likeness (QED) is 0.849. The van der Waals surface area contributed by atoms with Crippen molar-refractivity contribution in [2.24, 2.45) is 0 Å². The number of carbonyl (C=O) groups excluding carboxylic acids is 2. The first-order valence-corrected chi connectivity index (χ1v) is 8.51. The van der Waals surface area contributed by atoms with Gasteiger partial charge in [-0.1, -0.05) is 18.2 Å². The van der Waals surface area contributed by atoms with Crippen LogP contribution in [0.1, 0.15) is 28.8 Å². The minimum atomic E-state index is -0.503. The molecule has 1 saturated heterocycles. The van der Waals surface area contributed by atoms with Gasteiger partial charge in [0.15, 0.2) is 6.61 Å². The Hall–Kier alpha value is -2.82. The number of rotatable bonds is 5.